The Morgan fingerprint density at radius 1 is 1.22 bits per heavy atom. The molecule has 0 unspecified atom stereocenters. The van der Waals surface area contributed by atoms with E-state index in [0.29, 0.717) is 11.3 Å². The summed E-state index contributed by atoms with van der Waals surface area (Å²) in [6.45, 7) is -2.16. The van der Waals surface area contributed by atoms with E-state index in [2.05, 4.69) is 9.47 Å². The number of alkyl halides is 3. The van der Waals surface area contributed by atoms with Crippen molar-refractivity contribution in [2.24, 2.45) is 0 Å². The lowest BCUT2D eigenvalue weighted by Gasteiger charge is -2.08. The van der Waals surface area contributed by atoms with Crippen LogP contribution < -0.4 is 5.73 Å². The first kappa shape index (κ1) is 14.3. The van der Waals surface area contributed by atoms with Crippen LogP contribution in [0.5, 0.6) is 0 Å². The van der Waals surface area contributed by atoms with Crippen molar-refractivity contribution in [3.63, 3.8) is 0 Å². The Bertz CT molecular complexity index is 390. The highest BCUT2D eigenvalue weighted by Gasteiger charge is 2.27. The number of ether oxygens (including phenoxy) is 2. The number of hydrogen-bond donors (Lipinski definition) is 1. The van der Waals surface area contributed by atoms with Gasteiger partial charge in [0.1, 0.15) is 6.61 Å². The normalized spacial score (nSPS) is 11.3. The topological polar surface area (TPSA) is 61.6 Å². The predicted octanol–water partition coefficient (Wildman–Crippen LogP) is 1.89. The van der Waals surface area contributed by atoms with E-state index in [1.54, 1.807) is 24.3 Å². The van der Waals surface area contributed by atoms with E-state index in [9.17, 15) is 18.0 Å². The summed E-state index contributed by atoms with van der Waals surface area (Å²) < 4.78 is 43.7. The largest absolute Gasteiger partial charge is 0.438 e. The summed E-state index contributed by atoms with van der Waals surface area (Å²) in [6, 6.07) is 6.49. The molecule has 1 aromatic carbocycles. The molecule has 4 nitrogen and oxygen atoms in total. The molecule has 0 aliphatic heterocycles. The summed E-state index contributed by atoms with van der Waals surface area (Å²) in [5, 5.41) is 0. The highest BCUT2D eigenvalue weighted by atomic mass is 19.4. The summed E-state index contributed by atoms with van der Waals surface area (Å²) in [6.07, 6.45) is -4.47. The minimum atomic E-state index is -4.43. The third-order valence-electron chi connectivity index (χ3n) is 1.90. The molecular formula is C11H12F3NO3. The molecule has 0 bridgehead atoms. The second kappa shape index (κ2) is 6.25. The second-order valence-corrected chi connectivity index (χ2v) is 3.52. The van der Waals surface area contributed by atoms with Crippen LogP contribution in [0.3, 0.4) is 0 Å². The molecule has 0 aliphatic rings. The van der Waals surface area contributed by atoms with Gasteiger partial charge in [-0.15, -0.1) is 0 Å². The number of anilines is 1. The maximum atomic E-state index is 11.7. The van der Waals surface area contributed by atoms with Gasteiger partial charge in [0.05, 0.1) is 6.42 Å². The Labute approximate surface area is 101 Å². The molecule has 1 rings (SSSR count). The number of hydrogen-bond acceptors (Lipinski definition) is 4. The highest BCUT2D eigenvalue weighted by Crippen LogP contribution is 2.14. The first-order valence-electron chi connectivity index (χ1n) is 5.01. The van der Waals surface area contributed by atoms with Gasteiger partial charge in [-0.1, -0.05) is 12.1 Å². The standard InChI is InChI=1S/C11H12F3NO3/c12-11(13,14)6-17-7-18-10(16)5-8-1-3-9(15)4-2-8/h1-4H,5-7,15H2. The lowest BCUT2D eigenvalue weighted by molar-refractivity contribution is -0.199. The molecule has 0 saturated carbocycles. The number of carbonyl (C=O) groups excluding carboxylic acids is 1. The van der Waals surface area contributed by atoms with E-state index in [4.69, 9.17) is 5.73 Å². The van der Waals surface area contributed by atoms with E-state index in [1.165, 1.54) is 0 Å². The minimum Gasteiger partial charge on any atom is -0.438 e. The molecule has 7 heteroatoms. The molecule has 0 saturated heterocycles. The van der Waals surface area contributed by atoms with Gasteiger partial charge < -0.3 is 15.2 Å². The van der Waals surface area contributed by atoms with Crippen LogP contribution in [0.2, 0.25) is 0 Å². The summed E-state index contributed by atoms with van der Waals surface area (Å²) in [7, 11) is 0. The average Bonchev–Trinajstić information content (AvgIpc) is 2.26. The highest BCUT2D eigenvalue weighted by molar-refractivity contribution is 5.72. The molecule has 1 aromatic rings. The van der Waals surface area contributed by atoms with Gasteiger partial charge in [0.15, 0.2) is 6.79 Å². The third-order valence-corrected chi connectivity index (χ3v) is 1.90. The molecule has 0 heterocycles. The number of carbonyl (C=O) groups is 1. The van der Waals surface area contributed by atoms with Crippen LogP contribution in [0, 0.1) is 0 Å². The molecule has 0 atom stereocenters. The van der Waals surface area contributed by atoms with Crippen molar-refractivity contribution in [3.05, 3.63) is 29.8 Å². The van der Waals surface area contributed by atoms with E-state index in [0.717, 1.165) is 0 Å². The Kier molecular flexibility index (Phi) is 4.96. The van der Waals surface area contributed by atoms with Crippen molar-refractivity contribution in [1.29, 1.82) is 0 Å². The van der Waals surface area contributed by atoms with Gasteiger partial charge in [0.25, 0.3) is 0 Å². The first-order valence-corrected chi connectivity index (χ1v) is 5.01. The van der Waals surface area contributed by atoms with E-state index < -0.39 is 25.5 Å². The fourth-order valence-corrected chi connectivity index (χ4v) is 1.12. The predicted molar refractivity (Wildman–Crippen MR) is 57.5 cm³/mol. The smallest absolute Gasteiger partial charge is 0.411 e. The van der Waals surface area contributed by atoms with Gasteiger partial charge in [0.2, 0.25) is 0 Å². The summed E-state index contributed by atoms with van der Waals surface area (Å²) in [5.41, 5.74) is 6.67. The zero-order chi connectivity index (χ0) is 13.6. The number of halogens is 3. The Morgan fingerprint density at radius 2 is 1.83 bits per heavy atom. The van der Waals surface area contributed by atoms with Crippen LogP contribution >= 0.6 is 0 Å². The zero-order valence-electron chi connectivity index (χ0n) is 9.37. The van der Waals surface area contributed by atoms with Crippen molar-refractivity contribution in [3.8, 4) is 0 Å². The lowest BCUT2D eigenvalue weighted by Crippen LogP contribution is -2.19. The molecule has 0 fully saturated rings. The SMILES string of the molecule is Nc1ccc(CC(=O)OCOCC(F)(F)F)cc1. The number of esters is 1. The monoisotopic (exact) mass is 263 g/mol. The fourth-order valence-electron chi connectivity index (χ4n) is 1.12. The quantitative estimate of drug-likeness (QED) is 0.381. The summed E-state index contributed by atoms with van der Waals surface area (Å²) in [5.74, 6) is -0.665. The number of nitrogen functional groups attached to an aromatic ring is 1. The van der Waals surface area contributed by atoms with Crippen LogP contribution in [-0.2, 0) is 20.7 Å². The van der Waals surface area contributed by atoms with Gasteiger partial charge in [-0.25, -0.2) is 0 Å². The Morgan fingerprint density at radius 3 is 2.39 bits per heavy atom. The third kappa shape index (κ3) is 6.09. The van der Waals surface area contributed by atoms with Crippen molar-refractivity contribution in [2.75, 3.05) is 19.1 Å². The Balaban J connectivity index is 2.24. The lowest BCUT2D eigenvalue weighted by atomic mass is 10.1. The molecule has 100 valence electrons. The van der Waals surface area contributed by atoms with Crippen LogP contribution in [-0.4, -0.2) is 25.5 Å². The molecule has 0 spiro atoms. The van der Waals surface area contributed by atoms with Crippen molar-refractivity contribution >= 4 is 11.7 Å². The van der Waals surface area contributed by atoms with E-state index in [1.807, 2.05) is 0 Å². The van der Waals surface area contributed by atoms with Gasteiger partial charge in [-0.05, 0) is 17.7 Å². The molecule has 0 amide bonds. The minimum absolute atomic E-state index is 0.0460. The maximum absolute atomic E-state index is 11.7. The molecular weight excluding hydrogens is 251 g/mol. The van der Waals surface area contributed by atoms with Crippen LogP contribution in [0.1, 0.15) is 5.56 Å². The van der Waals surface area contributed by atoms with E-state index in [-0.39, 0.29) is 6.42 Å². The van der Waals surface area contributed by atoms with Crippen LogP contribution in [0.15, 0.2) is 24.3 Å². The zero-order valence-corrected chi connectivity index (χ0v) is 9.37. The molecule has 18 heavy (non-hydrogen) atoms. The van der Waals surface area contributed by atoms with Gasteiger partial charge in [-0.2, -0.15) is 13.2 Å². The van der Waals surface area contributed by atoms with E-state index >= 15 is 0 Å². The molecule has 0 aromatic heterocycles. The second-order valence-electron chi connectivity index (χ2n) is 3.52. The van der Waals surface area contributed by atoms with Gasteiger partial charge >= 0.3 is 12.1 Å². The Hall–Kier alpha value is -1.76. The van der Waals surface area contributed by atoms with Crippen molar-refractivity contribution in [1.82, 2.24) is 0 Å². The number of nitrogens with two attached hydrogens (primary N) is 1. The van der Waals surface area contributed by atoms with Crippen molar-refractivity contribution in [2.45, 2.75) is 12.6 Å². The van der Waals surface area contributed by atoms with Crippen molar-refractivity contribution < 1.29 is 27.4 Å². The fraction of sp³-hybridized carbons (Fsp3) is 0.364. The van der Waals surface area contributed by atoms with Gasteiger partial charge in [-0.3, -0.25) is 4.79 Å². The molecule has 0 radical (unpaired) electrons. The molecule has 2 N–H and O–H groups in total. The van der Waals surface area contributed by atoms with Gasteiger partial charge in [0, 0.05) is 5.69 Å². The van der Waals surface area contributed by atoms with Crippen LogP contribution in [0.4, 0.5) is 18.9 Å². The average molecular weight is 263 g/mol. The molecule has 0 aliphatic carbocycles. The summed E-state index contributed by atoms with van der Waals surface area (Å²) >= 11 is 0. The maximum Gasteiger partial charge on any atom is 0.411 e. The summed E-state index contributed by atoms with van der Waals surface area (Å²) in [4.78, 5) is 11.2. The number of rotatable bonds is 5. The van der Waals surface area contributed by atoms with Crippen LogP contribution in [0.25, 0.3) is 0 Å². The first-order chi connectivity index (χ1) is 8.37. The number of benzene rings is 1.